The molecule has 0 bridgehead atoms. The molecule has 80 valence electrons. The van der Waals surface area contributed by atoms with Crippen molar-refractivity contribution in [2.45, 2.75) is 31.9 Å². The minimum atomic E-state index is -0.208. The van der Waals surface area contributed by atoms with Crippen molar-refractivity contribution in [3.05, 3.63) is 0 Å². The highest BCUT2D eigenvalue weighted by Gasteiger charge is 2.36. The highest BCUT2D eigenvalue weighted by Crippen LogP contribution is 2.23. The maximum atomic E-state index is 11.9. The Morgan fingerprint density at radius 3 is 2.79 bits per heavy atom. The lowest BCUT2D eigenvalue weighted by atomic mass is 10.0. The zero-order valence-corrected chi connectivity index (χ0v) is 8.61. The molecule has 0 aromatic rings. The minimum Gasteiger partial charge on any atom is -0.368 e. The lowest BCUT2D eigenvalue weighted by Crippen LogP contribution is -2.41. The molecule has 2 N–H and O–H groups in total. The van der Waals surface area contributed by atoms with Gasteiger partial charge in [0.15, 0.2) is 0 Å². The van der Waals surface area contributed by atoms with Crippen LogP contribution >= 0.6 is 0 Å². The first kappa shape index (κ1) is 9.93. The molecule has 2 fully saturated rings. The van der Waals surface area contributed by atoms with Crippen molar-refractivity contribution < 1.29 is 9.53 Å². The van der Waals surface area contributed by atoms with Crippen molar-refractivity contribution in [1.29, 1.82) is 0 Å². The molecule has 0 spiro atoms. The van der Waals surface area contributed by atoms with E-state index < -0.39 is 0 Å². The van der Waals surface area contributed by atoms with Gasteiger partial charge >= 0.3 is 0 Å². The van der Waals surface area contributed by atoms with Gasteiger partial charge < -0.3 is 15.4 Å². The number of carbonyl (C=O) groups is 1. The quantitative estimate of drug-likeness (QED) is 0.644. The maximum Gasteiger partial charge on any atom is 0.252 e. The Labute approximate surface area is 84.4 Å². The zero-order valence-electron chi connectivity index (χ0n) is 8.61. The van der Waals surface area contributed by atoms with E-state index in [4.69, 9.17) is 10.5 Å². The van der Waals surface area contributed by atoms with Crippen LogP contribution in [0.1, 0.15) is 19.8 Å². The normalized spacial score (nSPS) is 37.9. The van der Waals surface area contributed by atoms with Gasteiger partial charge in [0, 0.05) is 25.7 Å². The van der Waals surface area contributed by atoms with Gasteiger partial charge in [0.1, 0.15) is 6.10 Å². The van der Waals surface area contributed by atoms with Gasteiger partial charge in [-0.25, -0.2) is 0 Å². The van der Waals surface area contributed by atoms with E-state index in [1.165, 1.54) is 0 Å². The number of hydrogen-bond acceptors (Lipinski definition) is 3. The van der Waals surface area contributed by atoms with Crippen LogP contribution in [0.2, 0.25) is 0 Å². The van der Waals surface area contributed by atoms with E-state index in [0.29, 0.717) is 12.5 Å². The summed E-state index contributed by atoms with van der Waals surface area (Å²) in [4.78, 5) is 13.8. The van der Waals surface area contributed by atoms with Gasteiger partial charge in [-0.2, -0.15) is 0 Å². The van der Waals surface area contributed by atoms with E-state index in [-0.39, 0.29) is 18.1 Å². The number of ether oxygens (including phenoxy) is 1. The monoisotopic (exact) mass is 198 g/mol. The topological polar surface area (TPSA) is 55.6 Å². The predicted octanol–water partition coefficient (Wildman–Crippen LogP) is -0.0290. The second-order valence-corrected chi connectivity index (χ2v) is 4.39. The molecule has 0 aromatic heterocycles. The highest BCUT2D eigenvalue weighted by atomic mass is 16.5. The van der Waals surface area contributed by atoms with E-state index >= 15 is 0 Å². The van der Waals surface area contributed by atoms with Gasteiger partial charge in [-0.1, -0.05) is 6.92 Å². The SMILES string of the molecule is CC1CCOC1C(=O)N1CC[C@H](N)C1. The number of hydrogen-bond donors (Lipinski definition) is 1. The van der Waals surface area contributed by atoms with Crippen molar-refractivity contribution in [3.63, 3.8) is 0 Å². The highest BCUT2D eigenvalue weighted by molar-refractivity contribution is 5.81. The molecule has 2 rings (SSSR count). The average Bonchev–Trinajstić information content (AvgIpc) is 2.73. The fourth-order valence-electron chi connectivity index (χ4n) is 2.18. The molecule has 2 aliphatic heterocycles. The largest absolute Gasteiger partial charge is 0.368 e. The van der Waals surface area contributed by atoms with Gasteiger partial charge in [-0.3, -0.25) is 4.79 Å². The first-order chi connectivity index (χ1) is 6.68. The van der Waals surface area contributed by atoms with Crippen molar-refractivity contribution in [1.82, 2.24) is 4.90 Å². The van der Waals surface area contributed by atoms with E-state index in [0.717, 1.165) is 26.0 Å². The molecule has 2 unspecified atom stereocenters. The molecule has 0 aliphatic carbocycles. The van der Waals surface area contributed by atoms with Crippen molar-refractivity contribution in [2.24, 2.45) is 11.7 Å². The third kappa shape index (κ3) is 1.77. The smallest absolute Gasteiger partial charge is 0.252 e. The van der Waals surface area contributed by atoms with Crippen LogP contribution in [0.4, 0.5) is 0 Å². The second-order valence-electron chi connectivity index (χ2n) is 4.39. The standard InChI is InChI=1S/C10H18N2O2/c1-7-3-5-14-9(7)10(13)12-4-2-8(11)6-12/h7-9H,2-6,11H2,1H3/t7?,8-,9?/m0/s1. The van der Waals surface area contributed by atoms with Crippen LogP contribution in [0.25, 0.3) is 0 Å². The van der Waals surface area contributed by atoms with E-state index in [2.05, 4.69) is 6.92 Å². The molecular formula is C10H18N2O2. The van der Waals surface area contributed by atoms with Crippen LogP contribution in [-0.2, 0) is 9.53 Å². The number of rotatable bonds is 1. The third-order valence-electron chi connectivity index (χ3n) is 3.17. The predicted molar refractivity (Wildman–Crippen MR) is 52.7 cm³/mol. The van der Waals surface area contributed by atoms with Crippen molar-refractivity contribution in [3.8, 4) is 0 Å². The summed E-state index contributed by atoms with van der Waals surface area (Å²) in [5.41, 5.74) is 5.76. The van der Waals surface area contributed by atoms with E-state index in [1.807, 2.05) is 4.90 Å². The molecule has 0 radical (unpaired) electrons. The van der Waals surface area contributed by atoms with Gasteiger partial charge in [-0.15, -0.1) is 0 Å². The molecule has 4 heteroatoms. The molecule has 4 nitrogen and oxygen atoms in total. The first-order valence-corrected chi connectivity index (χ1v) is 5.34. The summed E-state index contributed by atoms with van der Waals surface area (Å²) in [6.07, 6.45) is 1.71. The van der Waals surface area contributed by atoms with Gasteiger partial charge in [0.25, 0.3) is 5.91 Å². The van der Waals surface area contributed by atoms with E-state index in [9.17, 15) is 4.79 Å². The molecule has 2 aliphatic rings. The Balaban J connectivity index is 1.94. The zero-order chi connectivity index (χ0) is 10.1. The molecule has 2 heterocycles. The Hall–Kier alpha value is -0.610. The molecule has 14 heavy (non-hydrogen) atoms. The summed E-state index contributed by atoms with van der Waals surface area (Å²) in [6, 6.07) is 0.163. The van der Waals surface area contributed by atoms with Crippen molar-refractivity contribution in [2.75, 3.05) is 19.7 Å². The van der Waals surface area contributed by atoms with Crippen LogP contribution < -0.4 is 5.73 Å². The van der Waals surface area contributed by atoms with Crippen LogP contribution in [-0.4, -0.2) is 42.6 Å². The Morgan fingerprint density at radius 2 is 2.29 bits per heavy atom. The first-order valence-electron chi connectivity index (χ1n) is 5.34. The Kier molecular flexibility index (Phi) is 2.74. The average molecular weight is 198 g/mol. The molecule has 3 atom stereocenters. The number of nitrogens with two attached hydrogens (primary N) is 1. The number of amides is 1. The lowest BCUT2D eigenvalue weighted by Gasteiger charge is -2.22. The molecule has 2 saturated heterocycles. The fourth-order valence-corrected chi connectivity index (χ4v) is 2.18. The summed E-state index contributed by atoms with van der Waals surface area (Å²) in [6.45, 7) is 4.29. The molecule has 1 amide bonds. The number of carbonyl (C=O) groups excluding carboxylic acids is 1. The van der Waals surface area contributed by atoms with Crippen LogP contribution in [0.3, 0.4) is 0 Å². The molecule has 0 aromatic carbocycles. The van der Waals surface area contributed by atoms with Crippen LogP contribution in [0.5, 0.6) is 0 Å². The summed E-state index contributed by atoms with van der Waals surface area (Å²) < 4.78 is 5.44. The van der Waals surface area contributed by atoms with Crippen molar-refractivity contribution >= 4 is 5.91 Å². The van der Waals surface area contributed by atoms with Crippen LogP contribution in [0.15, 0.2) is 0 Å². The van der Waals surface area contributed by atoms with E-state index in [1.54, 1.807) is 0 Å². The summed E-state index contributed by atoms with van der Waals surface area (Å²) in [5.74, 6) is 0.502. The van der Waals surface area contributed by atoms with Gasteiger partial charge in [0.05, 0.1) is 0 Å². The lowest BCUT2D eigenvalue weighted by molar-refractivity contribution is -0.141. The summed E-state index contributed by atoms with van der Waals surface area (Å²) in [5, 5.41) is 0. The van der Waals surface area contributed by atoms with Crippen LogP contribution in [0, 0.1) is 5.92 Å². The minimum absolute atomic E-state index is 0.142. The Morgan fingerprint density at radius 1 is 1.50 bits per heavy atom. The fraction of sp³-hybridized carbons (Fsp3) is 0.900. The number of likely N-dealkylation sites (tertiary alicyclic amines) is 1. The second kappa shape index (κ2) is 3.87. The van der Waals surface area contributed by atoms with Gasteiger partial charge in [0.2, 0.25) is 0 Å². The number of nitrogens with zero attached hydrogens (tertiary/aromatic N) is 1. The van der Waals surface area contributed by atoms with Gasteiger partial charge in [-0.05, 0) is 18.8 Å². The summed E-state index contributed by atoms with van der Waals surface area (Å²) >= 11 is 0. The molecular weight excluding hydrogens is 180 g/mol. The summed E-state index contributed by atoms with van der Waals surface area (Å²) in [7, 11) is 0. The Bertz CT molecular complexity index is 232. The molecule has 0 saturated carbocycles. The third-order valence-corrected chi connectivity index (χ3v) is 3.17. The maximum absolute atomic E-state index is 11.9.